The second-order valence-electron chi connectivity index (χ2n) is 5.29. The fourth-order valence-electron chi connectivity index (χ4n) is 2.91. The predicted molar refractivity (Wildman–Crippen MR) is 91.5 cm³/mol. The van der Waals surface area contributed by atoms with E-state index in [9.17, 15) is 4.79 Å². The summed E-state index contributed by atoms with van der Waals surface area (Å²) in [5.74, 6) is 0.120. The van der Waals surface area contributed by atoms with Crippen molar-refractivity contribution < 1.29 is 9.53 Å². The third kappa shape index (κ3) is 3.02. The van der Waals surface area contributed by atoms with E-state index in [-0.39, 0.29) is 12.0 Å². The van der Waals surface area contributed by atoms with Gasteiger partial charge in [-0.2, -0.15) is 0 Å². The van der Waals surface area contributed by atoms with Crippen molar-refractivity contribution in [2.45, 2.75) is 12.3 Å². The smallest absolute Gasteiger partial charge is 0.407 e. The van der Waals surface area contributed by atoms with Crippen LogP contribution in [0.2, 0.25) is 0 Å². The van der Waals surface area contributed by atoms with Crippen LogP contribution in [-0.2, 0) is 4.74 Å². The Kier molecular flexibility index (Phi) is 4.78. The number of alkyl carbamates (subject to hydrolysis) is 1. The van der Waals surface area contributed by atoms with Crippen LogP contribution in [0.1, 0.15) is 23.5 Å². The third-order valence-corrected chi connectivity index (χ3v) is 4.48. The van der Waals surface area contributed by atoms with Crippen LogP contribution in [-0.4, -0.2) is 24.6 Å². The first kappa shape index (κ1) is 15.1. The molecule has 2 aromatic carbocycles. The molecule has 0 bridgehead atoms. The highest BCUT2D eigenvalue weighted by atomic mass is 79.9. The number of alkyl halides is 1. The summed E-state index contributed by atoms with van der Waals surface area (Å²) in [4.78, 5) is 11.7. The molecule has 0 spiro atoms. The quantitative estimate of drug-likeness (QED) is 0.637. The second kappa shape index (κ2) is 6.97. The van der Waals surface area contributed by atoms with E-state index in [1.165, 1.54) is 22.3 Å². The van der Waals surface area contributed by atoms with Gasteiger partial charge in [0.15, 0.2) is 0 Å². The van der Waals surface area contributed by atoms with E-state index in [0.29, 0.717) is 13.2 Å². The Morgan fingerprint density at radius 2 is 1.64 bits per heavy atom. The first-order valence-electron chi connectivity index (χ1n) is 7.46. The van der Waals surface area contributed by atoms with Crippen LogP contribution in [0.5, 0.6) is 0 Å². The molecule has 1 amide bonds. The highest BCUT2D eigenvalue weighted by molar-refractivity contribution is 9.09. The minimum Gasteiger partial charge on any atom is -0.449 e. The van der Waals surface area contributed by atoms with Gasteiger partial charge in [-0.05, 0) is 28.7 Å². The summed E-state index contributed by atoms with van der Waals surface area (Å²) < 4.78 is 5.42. The molecule has 0 saturated carbocycles. The number of carbonyl (C=O) groups is 1. The molecule has 114 valence electrons. The Morgan fingerprint density at radius 3 is 2.23 bits per heavy atom. The first-order valence-corrected chi connectivity index (χ1v) is 8.58. The maximum Gasteiger partial charge on any atom is 0.407 e. The largest absolute Gasteiger partial charge is 0.449 e. The molecule has 22 heavy (non-hydrogen) atoms. The summed E-state index contributed by atoms with van der Waals surface area (Å²) in [5, 5.41) is 3.64. The highest BCUT2D eigenvalue weighted by Crippen LogP contribution is 2.44. The van der Waals surface area contributed by atoms with Gasteiger partial charge >= 0.3 is 6.09 Å². The number of hydrogen-bond acceptors (Lipinski definition) is 2. The van der Waals surface area contributed by atoms with Crippen molar-refractivity contribution in [1.82, 2.24) is 5.32 Å². The molecular weight excluding hydrogens is 342 g/mol. The van der Waals surface area contributed by atoms with Crippen molar-refractivity contribution in [1.29, 1.82) is 0 Å². The summed E-state index contributed by atoms with van der Waals surface area (Å²) in [5.41, 5.74) is 4.95. The van der Waals surface area contributed by atoms with Crippen LogP contribution < -0.4 is 5.32 Å². The summed E-state index contributed by atoms with van der Waals surface area (Å²) in [6, 6.07) is 16.7. The van der Waals surface area contributed by atoms with E-state index in [0.717, 1.165) is 11.8 Å². The normalized spacial score (nSPS) is 12.6. The molecule has 0 heterocycles. The van der Waals surface area contributed by atoms with Crippen molar-refractivity contribution in [3.63, 3.8) is 0 Å². The predicted octanol–water partition coefficient (Wildman–Crippen LogP) is 4.31. The SMILES string of the molecule is O=C(NCCCBr)OCC1c2ccccc2-c2ccccc21. The van der Waals surface area contributed by atoms with E-state index >= 15 is 0 Å². The summed E-state index contributed by atoms with van der Waals surface area (Å²) in [7, 11) is 0. The van der Waals surface area contributed by atoms with Crippen LogP contribution >= 0.6 is 15.9 Å². The van der Waals surface area contributed by atoms with E-state index in [2.05, 4.69) is 45.5 Å². The molecule has 1 aliphatic rings. The van der Waals surface area contributed by atoms with Crippen LogP contribution in [0.25, 0.3) is 11.1 Å². The number of rotatable bonds is 5. The molecule has 4 heteroatoms. The van der Waals surface area contributed by atoms with Gasteiger partial charge in [0, 0.05) is 17.8 Å². The lowest BCUT2D eigenvalue weighted by Crippen LogP contribution is -2.27. The fraction of sp³-hybridized carbons (Fsp3) is 0.278. The Bertz CT molecular complexity index is 626. The van der Waals surface area contributed by atoms with Crippen LogP contribution in [0.15, 0.2) is 48.5 Å². The minimum absolute atomic E-state index is 0.120. The second-order valence-corrected chi connectivity index (χ2v) is 6.09. The van der Waals surface area contributed by atoms with E-state index < -0.39 is 0 Å². The van der Waals surface area contributed by atoms with Crippen LogP contribution in [0.3, 0.4) is 0 Å². The van der Waals surface area contributed by atoms with Gasteiger partial charge in [-0.15, -0.1) is 0 Å². The maximum atomic E-state index is 11.7. The van der Waals surface area contributed by atoms with Gasteiger partial charge in [-0.25, -0.2) is 4.79 Å². The molecule has 0 saturated heterocycles. The maximum absolute atomic E-state index is 11.7. The molecule has 2 aromatic rings. The lowest BCUT2D eigenvalue weighted by Gasteiger charge is -2.14. The zero-order valence-corrected chi connectivity index (χ0v) is 13.8. The molecule has 0 fully saturated rings. The number of amides is 1. The van der Waals surface area contributed by atoms with Gasteiger partial charge in [0.25, 0.3) is 0 Å². The van der Waals surface area contributed by atoms with Gasteiger partial charge in [0.05, 0.1) is 0 Å². The topological polar surface area (TPSA) is 38.3 Å². The van der Waals surface area contributed by atoms with Crippen LogP contribution in [0.4, 0.5) is 4.79 Å². The Morgan fingerprint density at radius 1 is 1.05 bits per heavy atom. The van der Waals surface area contributed by atoms with E-state index in [1.807, 2.05) is 24.3 Å². The van der Waals surface area contributed by atoms with E-state index in [1.54, 1.807) is 0 Å². The van der Waals surface area contributed by atoms with Gasteiger partial charge in [0.2, 0.25) is 0 Å². The fourth-order valence-corrected chi connectivity index (χ4v) is 3.19. The van der Waals surface area contributed by atoms with Gasteiger partial charge in [-0.3, -0.25) is 0 Å². The molecule has 0 atom stereocenters. The Labute approximate surface area is 138 Å². The van der Waals surface area contributed by atoms with Gasteiger partial charge in [-0.1, -0.05) is 64.5 Å². The molecule has 0 unspecified atom stereocenters. The molecular formula is C18H18BrNO2. The number of benzene rings is 2. The third-order valence-electron chi connectivity index (χ3n) is 3.92. The van der Waals surface area contributed by atoms with Crippen molar-refractivity contribution in [3.05, 3.63) is 59.7 Å². The zero-order valence-electron chi connectivity index (χ0n) is 12.2. The molecule has 1 aliphatic carbocycles. The number of nitrogens with one attached hydrogen (secondary N) is 1. The lowest BCUT2D eigenvalue weighted by atomic mass is 9.98. The average molecular weight is 360 g/mol. The standard InChI is InChI=1S/C18H18BrNO2/c19-10-5-11-20-18(21)22-12-17-15-8-3-1-6-13(15)14-7-2-4-9-16(14)17/h1-4,6-9,17H,5,10-12H2,(H,20,21). The monoisotopic (exact) mass is 359 g/mol. The number of halogens is 1. The summed E-state index contributed by atoms with van der Waals surface area (Å²) in [6.45, 7) is 0.996. The molecule has 1 N–H and O–H groups in total. The number of carbonyl (C=O) groups excluding carboxylic acids is 1. The first-order chi connectivity index (χ1) is 10.8. The molecule has 0 aliphatic heterocycles. The van der Waals surface area contributed by atoms with Crippen LogP contribution in [0, 0.1) is 0 Å². The summed E-state index contributed by atoms with van der Waals surface area (Å²) in [6.07, 6.45) is 0.548. The number of fused-ring (bicyclic) bond motifs is 3. The zero-order chi connectivity index (χ0) is 15.4. The Balaban J connectivity index is 1.73. The summed E-state index contributed by atoms with van der Waals surface area (Å²) >= 11 is 3.34. The van der Waals surface area contributed by atoms with Crippen molar-refractivity contribution >= 4 is 22.0 Å². The average Bonchev–Trinajstić information content (AvgIpc) is 2.87. The number of hydrogen-bond donors (Lipinski definition) is 1. The Hall–Kier alpha value is -1.81. The molecule has 0 radical (unpaired) electrons. The van der Waals surface area contributed by atoms with Crippen molar-refractivity contribution in [2.75, 3.05) is 18.5 Å². The lowest BCUT2D eigenvalue weighted by molar-refractivity contribution is 0.143. The molecule has 3 nitrogen and oxygen atoms in total. The van der Waals surface area contributed by atoms with Gasteiger partial charge < -0.3 is 10.1 Å². The van der Waals surface area contributed by atoms with Crippen molar-refractivity contribution in [3.8, 4) is 11.1 Å². The number of ether oxygens (including phenoxy) is 1. The van der Waals surface area contributed by atoms with Gasteiger partial charge in [0.1, 0.15) is 6.61 Å². The van der Waals surface area contributed by atoms with E-state index in [4.69, 9.17) is 4.74 Å². The van der Waals surface area contributed by atoms with Crippen molar-refractivity contribution in [2.24, 2.45) is 0 Å². The minimum atomic E-state index is -0.345. The molecule has 3 rings (SSSR count). The molecule has 0 aromatic heterocycles. The highest BCUT2D eigenvalue weighted by Gasteiger charge is 2.28.